The fourth-order valence-corrected chi connectivity index (χ4v) is 1.26. The molecule has 0 unspecified atom stereocenters. The molecular weight excluding hydrogens is 178 g/mol. The van der Waals surface area contributed by atoms with E-state index in [-0.39, 0.29) is 0 Å². The SMILES string of the molecule is CCNc1ccc(OCC)c(OC)c1. The predicted octanol–water partition coefficient (Wildman–Crippen LogP) is 2.53. The third kappa shape index (κ3) is 2.55. The van der Waals surface area contributed by atoms with Crippen LogP contribution in [-0.2, 0) is 0 Å². The summed E-state index contributed by atoms with van der Waals surface area (Å²) in [5.41, 5.74) is 1.05. The van der Waals surface area contributed by atoms with E-state index >= 15 is 0 Å². The van der Waals surface area contributed by atoms with E-state index in [0.29, 0.717) is 6.61 Å². The molecule has 0 bridgehead atoms. The van der Waals surface area contributed by atoms with Gasteiger partial charge in [-0.25, -0.2) is 0 Å². The number of anilines is 1. The van der Waals surface area contributed by atoms with Crippen molar-refractivity contribution in [1.29, 1.82) is 0 Å². The highest BCUT2D eigenvalue weighted by Gasteiger charge is 2.03. The topological polar surface area (TPSA) is 30.5 Å². The quantitative estimate of drug-likeness (QED) is 0.783. The molecule has 0 amide bonds. The Morgan fingerprint density at radius 1 is 1.21 bits per heavy atom. The van der Waals surface area contributed by atoms with Crippen LogP contribution in [0.15, 0.2) is 18.2 Å². The van der Waals surface area contributed by atoms with Crippen molar-refractivity contribution in [2.24, 2.45) is 0 Å². The maximum absolute atomic E-state index is 5.41. The van der Waals surface area contributed by atoms with E-state index < -0.39 is 0 Å². The first-order valence-corrected chi connectivity index (χ1v) is 4.86. The van der Waals surface area contributed by atoms with Crippen LogP contribution < -0.4 is 14.8 Å². The predicted molar refractivity (Wildman–Crippen MR) is 58.3 cm³/mol. The van der Waals surface area contributed by atoms with Crippen molar-refractivity contribution in [3.05, 3.63) is 18.2 Å². The zero-order valence-electron chi connectivity index (χ0n) is 8.96. The monoisotopic (exact) mass is 195 g/mol. The normalized spacial score (nSPS) is 9.64. The molecule has 78 valence electrons. The van der Waals surface area contributed by atoms with Gasteiger partial charge >= 0.3 is 0 Å². The van der Waals surface area contributed by atoms with E-state index in [1.54, 1.807) is 7.11 Å². The Hall–Kier alpha value is -1.38. The van der Waals surface area contributed by atoms with Gasteiger partial charge in [0.05, 0.1) is 13.7 Å². The van der Waals surface area contributed by atoms with Crippen LogP contribution in [0.2, 0.25) is 0 Å². The van der Waals surface area contributed by atoms with Gasteiger partial charge in [0.25, 0.3) is 0 Å². The van der Waals surface area contributed by atoms with Gasteiger partial charge in [0.1, 0.15) is 0 Å². The Kier molecular flexibility index (Phi) is 4.11. The van der Waals surface area contributed by atoms with E-state index in [4.69, 9.17) is 9.47 Å². The molecule has 3 heteroatoms. The molecule has 0 aliphatic rings. The number of hydrogen-bond donors (Lipinski definition) is 1. The first kappa shape index (κ1) is 10.7. The Morgan fingerprint density at radius 3 is 2.57 bits per heavy atom. The summed E-state index contributed by atoms with van der Waals surface area (Å²) in [5, 5.41) is 3.22. The van der Waals surface area contributed by atoms with Crippen LogP contribution in [0.5, 0.6) is 11.5 Å². The lowest BCUT2D eigenvalue weighted by atomic mass is 10.2. The van der Waals surface area contributed by atoms with Crippen LogP contribution in [0.4, 0.5) is 5.69 Å². The molecule has 0 atom stereocenters. The third-order valence-corrected chi connectivity index (χ3v) is 1.84. The lowest BCUT2D eigenvalue weighted by molar-refractivity contribution is 0.311. The molecule has 1 aromatic rings. The molecule has 0 aromatic heterocycles. The summed E-state index contributed by atoms with van der Waals surface area (Å²) in [5.74, 6) is 1.56. The average molecular weight is 195 g/mol. The minimum absolute atomic E-state index is 0.650. The molecule has 1 rings (SSSR count). The standard InChI is InChI=1S/C11H17NO2/c1-4-12-9-6-7-10(14-5-2)11(8-9)13-3/h6-8,12H,4-5H2,1-3H3. The molecule has 0 heterocycles. The molecule has 3 nitrogen and oxygen atoms in total. The van der Waals surface area contributed by atoms with Gasteiger partial charge in [-0.1, -0.05) is 0 Å². The maximum atomic E-state index is 5.41. The second-order valence-electron chi connectivity index (χ2n) is 2.83. The van der Waals surface area contributed by atoms with Crippen molar-refractivity contribution in [3.8, 4) is 11.5 Å². The Bertz CT molecular complexity index is 287. The molecule has 1 aromatic carbocycles. The first-order chi connectivity index (χ1) is 6.81. The summed E-state index contributed by atoms with van der Waals surface area (Å²) in [6, 6.07) is 5.84. The number of methoxy groups -OCH3 is 1. The summed E-state index contributed by atoms with van der Waals surface area (Å²) in [6.45, 7) is 5.56. The van der Waals surface area contributed by atoms with Gasteiger partial charge in [0, 0.05) is 18.3 Å². The highest BCUT2D eigenvalue weighted by molar-refractivity contribution is 5.54. The molecule has 0 spiro atoms. The Labute approximate surface area is 85.0 Å². The van der Waals surface area contributed by atoms with Gasteiger partial charge in [-0.15, -0.1) is 0 Å². The highest BCUT2D eigenvalue weighted by Crippen LogP contribution is 2.29. The second kappa shape index (κ2) is 5.37. The molecule has 0 saturated carbocycles. The van der Waals surface area contributed by atoms with Gasteiger partial charge in [-0.3, -0.25) is 0 Å². The zero-order chi connectivity index (χ0) is 10.4. The molecule has 1 N–H and O–H groups in total. The third-order valence-electron chi connectivity index (χ3n) is 1.84. The molecule has 0 radical (unpaired) electrons. The number of rotatable bonds is 5. The van der Waals surface area contributed by atoms with Crippen LogP contribution in [-0.4, -0.2) is 20.3 Å². The van der Waals surface area contributed by atoms with Crippen molar-refractivity contribution < 1.29 is 9.47 Å². The van der Waals surface area contributed by atoms with Gasteiger partial charge in [0.2, 0.25) is 0 Å². The minimum atomic E-state index is 0.650. The van der Waals surface area contributed by atoms with Crippen LogP contribution in [0.3, 0.4) is 0 Å². The van der Waals surface area contributed by atoms with Crippen LogP contribution in [0.1, 0.15) is 13.8 Å². The van der Waals surface area contributed by atoms with Gasteiger partial charge in [-0.05, 0) is 26.0 Å². The fraction of sp³-hybridized carbons (Fsp3) is 0.455. The highest BCUT2D eigenvalue weighted by atomic mass is 16.5. The van der Waals surface area contributed by atoms with E-state index in [1.807, 2.05) is 25.1 Å². The van der Waals surface area contributed by atoms with Crippen molar-refractivity contribution in [2.45, 2.75) is 13.8 Å². The second-order valence-corrected chi connectivity index (χ2v) is 2.83. The summed E-state index contributed by atoms with van der Waals surface area (Å²) in [4.78, 5) is 0. The van der Waals surface area contributed by atoms with Crippen molar-refractivity contribution in [1.82, 2.24) is 0 Å². The van der Waals surface area contributed by atoms with Crippen LogP contribution >= 0.6 is 0 Å². The average Bonchev–Trinajstić information content (AvgIpc) is 2.21. The van der Waals surface area contributed by atoms with E-state index in [0.717, 1.165) is 23.7 Å². The van der Waals surface area contributed by atoms with Crippen molar-refractivity contribution >= 4 is 5.69 Å². The van der Waals surface area contributed by atoms with Gasteiger partial charge < -0.3 is 14.8 Å². The van der Waals surface area contributed by atoms with Crippen molar-refractivity contribution in [3.63, 3.8) is 0 Å². The van der Waals surface area contributed by atoms with Crippen LogP contribution in [0.25, 0.3) is 0 Å². The Morgan fingerprint density at radius 2 is 2.00 bits per heavy atom. The van der Waals surface area contributed by atoms with Crippen molar-refractivity contribution in [2.75, 3.05) is 25.6 Å². The number of hydrogen-bond acceptors (Lipinski definition) is 3. The lowest BCUT2D eigenvalue weighted by Gasteiger charge is -2.11. The first-order valence-electron chi connectivity index (χ1n) is 4.86. The zero-order valence-corrected chi connectivity index (χ0v) is 8.96. The summed E-state index contributed by atoms with van der Waals surface area (Å²) in [7, 11) is 1.65. The Balaban J connectivity index is 2.87. The lowest BCUT2D eigenvalue weighted by Crippen LogP contribution is -1.99. The number of benzene rings is 1. The molecule has 0 saturated heterocycles. The summed E-state index contributed by atoms with van der Waals surface area (Å²) < 4.78 is 10.6. The van der Waals surface area contributed by atoms with Gasteiger partial charge in [-0.2, -0.15) is 0 Å². The van der Waals surface area contributed by atoms with E-state index in [1.165, 1.54) is 0 Å². The summed E-state index contributed by atoms with van der Waals surface area (Å²) in [6.07, 6.45) is 0. The number of ether oxygens (including phenoxy) is 2. The largest absolute Gasteiger partial charge is 0.493 e. The van der Waals surface area contributed by atoms with E-state index in [9.17, 15) is 0 Å². The minimum Gasteiger partial charge on any atom is -0.493 e. The molecule has 0 aliphatic carbocycles. The van der Waals surface area contributed by atoms with Gasteiger partial charge in [0.15, 0.2) is 11.5 Å². The fourth-order valence-electron chi connectivity index (χ4n) is 1.26. The molecule has 0 aliphatic heterocycles. The molecular formula is C11H17NO2. The van der Waals surface area contributed by atoms with E-state index in [2.05, 4.69) is 12.2 Å². The molecule has 14 heavy (non-hydrogen) atoms. The summed E-state index contributed by atoms with van der Waals surface area (Å²) >= 11 is 0. The molecule has 0 fully saturated rings. The number of nitrogens with one attached hydrogen (secondary N) is 1. The smallest absolute Gasteiger partial charge is 0.162 e. The maximum Gasteiger partial charge on any atom is 0.162 e. The van der Waals surface area contributed by atoms with Crippen LogP contribution in [0, 0.1) is 0 Å².